The molecule has 2 nitrogen and oxygen atoms in total. The fraction of sp³-hybridized carbons (Fsp3) is 0.852. The molecule has 1 heterocycles. The van der Waals surface area contributed by atoms with Gasteiger partial charge in [-0.25, -0.2) is 0 Å². The molecule has 30 heavy (non-hydrogen) atoms. The highest BCUT2D eigenvalue weighted by molar-refractivity contribution is 7.10. The van der Waals surface area contributed by atoms with E-state index in [4.69, 9.17) is 4.74 Å². The van der Waals surface area contributed by atoms with Crippen molar-refractivity contribution in [3.05, 3.63) is 16.3 Å². The van der Waals surface area contributed by atoms with Gasteiger partial charge in [0.25, 0.3) is 0 Å². The quantitative estimate of drug-likeness (QED) is 0.563. The molecule has 164 valence electrons. The highest BCUT2D eigenvalue weighted by atomic mass is 32.1. The molecule has 0 spiro atoms. The van der Waals surface area contributed by atoms with Crippen LogP contribution in [0.3, 0.4) is 0 Å². The molecule has 0 aliphatic heterocycles. The number of thiophene rings is 1. The summed E-state index contributed by atoms with van der Waals surface area (Å²) in [4.78, 5) is 1.23. The Morgan fingerprint density at radius 3 is 1.60 bits per heavy atom. The summed E-state index contributed by atoms with van der Waals surface area (Å²) in [5.41, 5.74) is -0.473. The van der Waals surface area contributed by atoms with Crippen LogP contribution in [0.1, 0.15) is 88.9 Å². The van der Waals surface area contributed by atoms with Crippen LogP contribution in [0.15, 0.2) is 11.4 Å². The molecule has 9 rings (SSSR count). The maximum Gasteiger partial charge on any atom is 0.136 e. The van der Waals surface area contributed by atoms with Gasteiger partial charge in [0.1, 0.15) is 11.4 Å². The van der Waals surface area contributed by atoms with Gasteiger partial charge >= 0.3 is 0 Å². The molecule has 0 amide bonds. The molecule has 1 aromatic heterocycles. The Bertz CT molecular complexity index is 723. The first-order valence-electron chi connectivity index (χ1n) is 13.0. The first kappa shape index (κ1) is 19.0. The van der Waals surface area contributed by atoms with E-state index in [0.29, 0.717) is 6.61 Å². The van der Waals surface area contributed by atoms with Gasteiger partial charge < -0.3 is 9.84 Å². The average Bonchev–Trinajstić information content (AvgIpc) is 3.14. The molecule has 0 radical (unpaired) electrons. The zero-order valence-corrected chi connectivity index (χ0v) is 19.4. The van der Waals surface area contributed by atoms with Crippen LogP contribution in [-0.2, 0) is 5.60 Å². The Kier molecular flexibility index (Phi) is 3.97. The molecule has 8 bridgehead atoms. The highest BCUT2D eigenvalue weighted by Gasteiger charge is 2.71. The highest BCUT2D eigenvalue weighted by Crippen LogP contribution is 2.76. The van der Waals surface area contributed by atoms with E-state index < -0.39 is 5.60 Å². The number of hydrogen-bond donors (Lipinski definition) is 1. The van der Waals surface area contributed by atoms with Crippen LogP contribution < -0.4 is 4.74 Å². The van der Waals surface area contributed by atoms with Gasteiger partial charge in [-0.2, -0.15) is 0 Å². The Morgan fingerprint density at radius 2 is 1.23 bits per heavy atom. The number of hydrogen-bond acceptors (Lipinski definition) is 3. The Hall–Kier alpha value is -0.540. The van der Waals surface area contributed by atoms with E-state index in [2.05, 4.69) is 18.4 Å². The first-order chi connectivity index (χ1) is 14.5. The fourth-order valence-corrected chi connectivity index (χ4v) is 12.2. The standard InChI is InChI=1S/C27H38O2S/c1-2-29-23-3-4-30-24(23)27(28,25-11-17-5-18(12-25)7-19(6-17)13-25)26-14-20-8-21(15-26)10-22(9-20)16-26/h3-4,17-22,28H,2,5-16H2,1H3. The molecule has 1 N–H and O–H groups in total. The van der Waals surface area contributed by atoms with Gasteiger partial charge in [-0.1, -0.05) is 0 Å². The van der Waals surface area contributed by atoms with Crippen LogP contribution >= 0.6 is 11.3 Å². The molecule has 8 saturated carbocycles. The van der Waals surface area contributed by atoms with Gasteiger partial charge in [0.2, 0.25) is 0 Å². The molecule has 1 aromatic rings. The van der Waals surface area contributed by atoms with Crippen LogP contribution in [-0.4, -0.2) is 11.7 Å². The van der Waals surface area contributed by atoms with E-state index in [0.717, 1.165) is 41.3 Å². The van der Waals surface area contributed by atoms with E-state index in [1.807, 2.05) is 11.3 Å². The molecule has 0 unspecified atom stereocenters. The van der Waals surface area contributed by atoms with Crippen molar-refractivity contribution in [2.75, 3.05) is 6.61 Å². The topological polar surface area (TPSA) is 29.5 Å². The van der Waals surface area contributed by atoms with Crippen molar-refractivity contribution in [2.24, 2.45) is 46.3 Å². The summed E-state index contributed by atoms with van der Waals surface area (Å²) < 4.78 is 6.20. The molecule has 0 aromatic carbocycles. The van der Waals surface area contributed by atoms with E-state index in [-0.39, 0.29) is 10.8 Å². The van der Waals surface area contributed by atoms with Gasteiger partial charge in [0.05, 0.1) is 11.5 Å². The Balaban J connectivity index is 1.42. The smallest absolute Gasteiger partial charge is 0.136 e. The molecule has 8 aliphatic carbocycles. The fourth-order valence-electron chi connectivity index (χ4n) is 11.0. The SMILES string of the molecule is CCOc1ccsc1C(O)(C12CC3CC(CC(C3)C1)C2)C12CC3CC(CC(C3)C1)C2. The summed E-state index contributed by atoms with van der Waals surface area (Å²) in [7, 11) is 0. The van der Waals surface area contributed by atoms with Crippen molar-refractivity contribution in [1.82, 2.24) is 0 Å². The third-order valence-corrected chi connectivity index (χ3v) is 11.9. The number of aliphatic hydroxyl groups is 1. The van der Waals surface area contributed by atoms with Crippen LogP contribution in [0, 0.1) is 46.3 Å². The lowest BCUT2D eigenvalue weighted by atomic mass is 9.36. The van der Waals surface area contributed by atoms with E-state index in [1.165, 1.54) is 81.9 Å². The van der Waals surface area contributed by atoms with E-state index in [1.54, 1.807) is 0 Å². The predicted molar refractivity (Wildman–Crippen MR) is 121 cm³/mol. The van der Waals surface area contributed by atoms with Crippen LogP contribution in [0.2, 0.25) is 0 Å². The Labute approximate surface area is 185 Å². The van der Waals surface area contributed by atoms with Crippen molar-refractivity contribution >= 4 is 11.3 Å². The lowest BCUT2D eigenvalue weighted by Gasteiger charge is -2.70. The summed E-state index contributed by atoms with van der Waals surface area (Å²) >= 11 is 1.82. The van der Waals surface area contributed by atoms with Crippen LogP contribution in [0.25, 0.3) is 0 Å². The molecule has 8 fully saturated rings. The summed E-state index contributed by atoms with van der Waals surface area (Å²) in [6.45, 7) is 2.79. The maximum atomic E-state index is 13.4. The zero-order chi connectivity index (χ0) is 20.1. The molecule has 8 aliphatic rings. The van der Waals surface area contributed by atoms with Gasteiger partial charge in [-0.15, -0.1) is 11.3 Å². The van der Waals surface area contributed by atoms with Crippen molar-refractivity contribution in [3.63, 3.8) is 0 Å². The second kappa shape index (κ2) is 6.28. The largest absolute Gasteiger partial charge is 0.493 e. The van der Waals surface area contributed by atoms with Gasteiger partial charge in [0, 0.05) is 10.8 Å². The number of ether oxygens (including phenoxy) is 1. The van der Waals surface area contributed by atoms with Crippen molar-refractivity contribution < 1.29 is 9.84 Å². The van der Waals surface area contributed by atoms with Crippen LogP contribution in [0.4, 0.5) is 0 Å². The third kappa shape index (κ3) is 2.35. The van der Waals surface area contributed by atoms with E-state index in [9.17, 15) is 5.11 Å². The lowest BCUT2D eigenvalue weighted by Crippen LogP contribution is -2.66. The van der Waals surface area contributed by atoms with Gasteiger partial charge in [-0.05, 0) is 131 Å². The molecular weight excluding hydrogens is 388 g/mol. The minimum absolute atomic E-state index is 0.101. The second-order valence-corrected chi connectivity index (χ2v) is 13.6. The first-order valence-corrected chi connectivity index (χ1v) is 13.8. The van der Waals surface area contributed by atoms with E-state index >= 15 is 0 Å². The van der Waals surface area contributed by atoms with Crippen LogP contribution in [0.5, 0.6) is 5.75 Å². The predicted octanol–water partition coefficient (Wildman–Crippen LogP) is 6.77. The Morgan fingerprint density at radius 1 is 0.833 bits per heavy atom. The normalized spacial score (nSPS) is 50.1. The minimum atomic E-state index is -0.676. The molecular formula is C27H38O2S. The van der Waals surface area contributed by atoms with Gasteiger partial charge in [0.15, 0.2) is 0 Å². The lowest BCUT2D eigenvalue weighted by molar-refractivity contribution is -0.276. The summed E-state index contributed by atoms with van der Waals surface area (Å²) in [5.74, 6) is 6.22. The van der Waals surface area contributed by atoms with Crippen molar-refractivity contribution in [2.45, 2.75) is 89.6 Å². The zero-order valence-electron chi connectivity index (χ0n) is 18.6. The van der Waals surface area contributed by atoms with Crippen molar-refractivity contribution in [3.8, 4) is 5.75 Å². The molecule has 3 heteroatoms. The minimum Gasteiger partial charge on any atom is -0.493 e. The van der Waals surface area contributed by atoms with Crippen molar-refractivity contribution in [1.29, 1.82) is 0 Å². The molecule has 0 atom stereocenters. The second-order valence-electron chi connectivity index (χ2n) is 12.7. The summed E-state index contributed by atoms with van der Waals surface area (Å²) in [6, 6.07) is 2.16. The third-order valence-electron chi connectivity index (χ3n) is 10.9. The molecule has 0 saturated heterocycles. The monoisotopic (exact) mass is 426 g/mol. The summed E-state index contributed by atoms with van der Waals surface area (Å²) in [6.07, 6.45) is 16.3. The number of rotatable bonds is 5. The van der Waals surface area contributed by atoms with Gasteiger partial charge in [-0.3, -0.25) is 0 Å². The average molecular weight is 427 g/mol. The summed E-state index contributed by atoms with van der Waals surface area (Å²) in [5, 5.41) is 15.6. The maximum absolute atomic E-state index is 13.4.